The highest BCUT2D eigenvalue weighted by molar-refractivity contribution is 5.58. The number of aromatic nitrogens is 2. The molecule has 0 fully saturated rings. The van der Waals surface area contributed by atoms with Gasteiger partial charge in [-0.1, -0.05) is 0 Å². The number of hydrogen-bond donors (Lipinski definition) is 2. The van der Waals surface area contributed by atoms with Crippen molar-refractivity contribution in [3.05, 3.63) is 25.7 Å². The maximum Gasteiger partial charge on any atom is 0.332 e. The molecule has 0 saturated heterocycles. The van der Waals surface area contributed by atoms with Crippen molar-refractivity contribution in [2.24, 2.45) is 25.1 Å². The molecule has 0 spiro atoms. The Balaban J connectivity index is 3.84. The maximum atomic E-state index is 11.3. The third-order valence-corrected chi connectivity index (χ3v) is 1.87. The first-order valence-corrected chi connectivity index (χ1v) is 3.64. The Morgan fingerprint density at radius 1 is 1.29 bits per heavy atom. The molecule has 0 unspecified atom stereocenters. The monoisotopic (exact) mass is 199 g/mol. The number of anilines is 1. The minimum Gasteiger partial charge on any atom is -0.308 e. The summed E-state index contributed by atoms with van der Waals surface area (Å²) in [7, 11) is 2.62. The van der Waals surface area contributed by atoms with Crippen molar-refractivity contribution in [2.75, 3.05) is 5.43 Å². The number of hydrogen-bond acceptors (Lipinski definition) is 6. The molecule has 76 valence electrons. The van der Waals surface area contributed by atoms with E-state index in [2.05, 4.69) is 10.6 Å². The first kappa shape index (κ1) is 10.1. The number of nitrogens with two attached hydrogens (primary N) is 1. The number of hydrazine groups is 1. The molecular weight excluding hydrogens is 190 g/mol. The number of nitrogen functional groups attached to an aromatic ring is 1. The molecule has 0 radical (unpaired) electrons. The van der Waals surface area contributed by atoms with E-state index in [1.807, 2.05) is 0 Å². The van der Waals surface area contributed by atoms with Crippen molar-refractivity contribution in [1.82, 2.24) is 9.13 Å². The van der Waals surface area contributed by atoms with Gasteiger partial charge in [-0.25, -0.2) is 10.6 Å². The molecule has 3 N–H and O–H groups in total. The Bertz CT molecular complexity index is 485. The van der Waals surface area contributed by atoms with Gasteiger partial charge in [0.1, 0.15) is 0 Å². The quantitative estimate of drug-likeness (QED) is 0.352. The van der Waals surface area contributed by atoms with Crippen molar-refractivity contribution in [2.45, 2.75) is 0 Å². The number of nitrogens with one attached hydrogen (secondary N) is 1. The molecule has 0 aliphatic carbocycles. The summed E-state index contributed by atoms with van der Waals surface area (Å²) in [5.74, 6) is 4.95. The van der Waals surface area contributed by atoms with Gasteiger partial charge in [-0.15, -0.1) is 4.91 Å². The normalized spacial score (nSPS) is 9.93. The maximum absolute atomic E-state index is 11.3. The fourth-order valence-electron chi connectivity index (χ4n) is 1.07. The van der Waals surface area contributed by atoms with Crippen LogP contribution >= 0.6 is 0 Å². The largest absolute Gasteiger partial charge is 0.332 e. The zero-order chi connectivity index (χ0) is 10.9. The highest BCUT2D eigenvalue weighted by Gasteiger charge is 2.14. The minimum absolute atomic E-state index is 0.104. The van der Waals surface area contributed by atoms with Crippen molar-refractivity contribution in [3.8, 4) is 0 Å². The molecular formula is C6H9N5O3. The van der Waals surface area contributed by atoms with Gasteiger partial charge in [0.2, 0.25) is 5.69 Å². The SMILES string of the molecule is Cn1c(NN)c(N=O)c(=O)n(C)c1=O. The van der Waals surface area contributed by atoms with Crippen LogP contribution in [0.1, 0.15) is 0 Å². The average Bonchev–Trinajstić information content (AvgIpc) is 2.20. The van der Waals surface area contributed by atoms with E-state index in [1.54, 1.807) is 0 Å². The molecule has 1 heterocycles. The molecule has 8 heteroatoms. The van der Waals surface area contributed by atoms with Crippen molar-refractivity contribution in [1.29, 1.82) is 0 Å². The van der Waals surface area contributed by atoms with Gasteiger partial charge in [-0.3, -0.25) is 13.9 Å². The predicted octanol–water partition coefficient (Wildman–Crippen LogP) is -1.23. The Kier molecular flexibility index (Phi) is 2.47. The van der Waals surface area contributed by atoms with Crippen molar-refractivity contribution in [3.63, 3.8) is 0 Å². The van der Waals surface area contributed by atoms with E-state index in [0.717, 1.165) is 9.13 Å². The van der Waals surface area contributed by atoms with Gasteiger partial charge in [0.15, 0.2) is 5.82 Å². The summed E-state index contributed by atoms with van der Waals surface area (Å²) in [5.41, 5.74) is 0.291. The summed E-state index contributed by atoms with van der Waals surface area (Å²) < 4.78 is 1.80. The first-order chi connectivity index (χ1) is 6.54. The van der Waals surface area contributed by atoms with Gasteiger partial charge in [0.05, 0.1) is 0 Å². The van der Waals surface area contributed by atoms with E-state index in [0.29, 0.717) is 0 Å². The molecule has 14 heavy (non-hydrogen) atoms. The fraction of sp³-hybridized carbons (Fsp3) is 0.333. The van der Waals surface area contributed by atoms with Crippen LogP contribution in [0.3, 0.4) is 0 Å². The van der Waals surface area contributed by atoms with Crippen LogP contribution in [0.25, 0.3) is 0 Å². The lowest BCUT2D eigenvalue weighted by atomic mass is 10.4. The molecule has 1 aromatic heterocycles. The molecule has 1 aromatic rings. The first-order valence-electron chi connectivity index (χ1n) is 3.64. The molecule has 0 amide bonds. The van der Waals surface area contributed by atoms with E-state index < -0.39 is 16.9 Å². The Morgan fingerprint density at radius 3 is 2.29 bits per heavy atom. The van der Waals surface area contributed by atoms with Crippen LogP contribution in [0.4, 0.5) is 11.5 Å². The zero-order valence-electron chi connectivity index (χ0n) is 7.64. The van der Waals surface area contributed by atoms with Gasteiger partial charge in [0, 0.05) is 14.1 Å². The van der Waals surface area contributed by atoms with E-state index in [4.69, 9.17) is 5.84 Å². The van der Waals surface area contributed by atoms with Crippen LogP contribution in [-0.2, 0) is 14.1 Å². The Morgan fingerprint density at radius 2 is 1.86 bits per heavy atom. The van der Waals surface area contributed by atoms with E-state index in [1.165, 1.54) is 14.1 Å². The molecule has 0 saturated carbocycles. The second-order valence-electron chi connectivity index (χ2n) is 2.64. The molecule has 0 aromatic carbocycles. The van der Waals surface area contributed by atoms with E-state index >= 15 is 0 Å². The summed E-state index contributed by atoms with van der Waals surface area (Å²) in [6.45, 7) is 0. The van der Waals surface area contributed by atoms with Crippen molar-refractivity contribution < 1.29 is 0 Å². The lowest BCUT2D eigenvalue weighted by Gasteiger charge is -2.09. The molecule has 1 rings (SSSR count). The molecule has 0 aliphatic rings. The summed E-state index contributed by atoms with van der Waals surface area (Å²) >= 11 is 0. The van der Waals surface area contributed by atoms with Gasteiger partial charge < -0.3 is 5.43 Å². The lowest BCUT2D eigenvalue weighted by Crippen LogP contribution is -2.38. The van der Waals surface area contributed by atoms with E-state index in [-0.39, 0.29) is 5.82 Å². The standard InChI is InChI=1S/C6H9N5O3/c1-10-4(8-7)3(9-14)5(12)11(2)6(10)13/h8H,7H2,1-2H3. The van der Waals surface area contributed by atoms with E-state index in [9.17, 15) is 14.5 Å². The topological polar surface area (TPSA) is 111 Å². The summed E-state index contributed by atoms with van der Waals surface area (Å²) in [4.78, 5) is 33.0. The smallest absolute Gasteiger partial charge is 0.308 e. The van der Waals surface area contributed by atoms with Gasteiger partial charge in [-0.2, -0.15) is 0 Å². The molecule has 0 aliphatic heterocycles. The van der Waals surface area contributed by atoms with Crippen LogP contribution in [-0.4, -0.2) is 9.13 Å². The Labute approximate surface area is 77.9 Å². The zero-order valence-corrected chi connectivity index (χ0v) is 7.64. The number of nitrogens with zero attached hydrogens (tertiary/aromatic N) is 3. The Hall–Kier alpha value is -1.96. The van der Waals surface area contributed by atoms with Crippen LogP contribution in [0.15, 0.2) is 14.8 Å². The second-order valence-corrected chi connectivity index (χ2v) is 2.64. The summed E-state index contributed by atoms with van der Waals surface area (Å²) in [6.07, 6.45) is 0. The highest BCUT2D eigenvalue weighted by Crippen LogP contribution is 2.14. The van der Waals surface area contributed by atoms with Crippen LogP contribution in [0, 0.1) is 4.91 Å². The van der Waals surface area contributed by atoms with Crippen LogP contribution < -0.4 is 22.5 Å². The molecule has 0 bridgehead atoms. The summed E-state index contributed by atoms with van der Waals surface area (Å²) in [5, 5.41) is 2.52. The van der Waals surface area contributed by atoms with Gasteiger partial charge >= 0.3 is 5.69 Å². The average molecular weight is 199 g/mol. The molecule has 0 atom stereocenters. The third-order valence-electron chi connectivity index (χ3n) is 1.87. The highest BCUT2D eigenvalue weighted by atomic mass is 16.3. The fourth-order valence-corrected chi connectivity index (χ4v) is 1.07. The van der Waals surface area contributed by atoms with Crippen LogP contribution in [0.2, 0.25) is 0 Å². The number of nitroso groups, excluding NO2 is 1. The number of rotatable bonds is 2. The van der Waals surface area contributed by atoms with Crippen LogP contribution in [0.5, 0.6) is 0 Å². The lowest BCUT2D eigenvalue weighted by molar-refractivity contribution is 0.691. The van der Waals surface area contributed by atoms with Gasteiger partial charge in [0.25, 0.3) is 5.56 Å². The second kappa shape index (κ2) is 3.42. The third kappa shape index (κ3) is 1.21. The molecule has 8 nitrogen and oxygen atoms in total. The van der Waals surface area contributed by atoms with Crippen molar-refractivity contribution >= 4 is 11.5 Å². The predicted molar refractivity (Wildman–Crippen MR) is 50.2 cm³/mol. The minimum atomic E-state index is -0.781. The van der Waals surface area contributed by atoms with Gasteiger partial charge in [-0.05, 0) is 5.18 Å². The summed E-state index contributed by atoms with van der Waals surface area (Å²) in [6, 6.07) is 0.